The molecule has 2 aliphatic heterocycles. The molecule has 0 aromatic heterocycles. The van der Waals surface area contributed by atoms with Crippen LogP contribution in [0.1, 0.15) is 23.7 Å². The standard InChI is InChI=1S/C17H21NO5/c1-22-11-17(16(20)21)7-8-18(10-17)15(19)14-13-5-3-2-4-12(13)6-9-23-14/h2-5,14H,6-11H2,1H3,(H,20,21). The van der Waals surface area contributed by atoms with Gasteiger partial charge < -0.3 is 19.5 Å². The average molecular weight is 319 g/mol. The van der Waals surface area contributed by atoms with E-state index in [2.05, 4.69) is 0 Å². The van der Waals surface area contributed by atoms with Gasteiger partial charge in [0, 0.05) is 20.2 Å². The monoisotopic (exact) mass is 319 g/mol. The molecule has 1 amide bonds. The summed E-state index contributed by atoms with van der Waals surface area (Å²) in [6, 6.07) is 7.77. The van der Waals surface area contributed by atoms with Gasteiger partial charge in [-0.1, -0.05) is 24.3 Å². The number of benzene rings is 1. The van der Waals surface area contributed by atoms with Crippen LogP contribution >= 0.6 is 0 Å². The van der Waals surface area contributed by atoms with Crippen LogP contribution in [0, 0.1) is 5.41 Å². The number of ether oxygens (including phenoxy) is 2. The van der Waals surface area contributed by atoms with E-state index in [0.717, 1.165) is 17.5 Å². The van der Waals surface area contributed by atoms with E-state index < -0.39 is 17.5 Å². The van der Waals surface area contributed by atoms with Gasteiger partial charge in [-0.15, -0.1) is 0 Å². The van der Waals surface area contributed by atoms with Crippen LogP contribution in [0.3, 0.4) is 0 Å². The maximum absolute atomic E-state index is 12.8. The lowest BCUT2D eigenvalue weighted by Gasteiger charge is -2.30. The van der Waals surface area contributed by atoms with Crippen molar-refractivity contribution in [2.75, 3.05) is 33.4 Å². The number of rotatable bonds is 4. The number of amides is 1. The van der Waals surface area contributed by atoms with E-state index in [1.54, 1.807) is 4.90 Å². The van der Waals surface area contributed by atoms with Gasteiger partial charge in [0.1, 0.15) is 5.41 Å². The van der Waals surface area contributed by atoms with Crippen molar-refractivity contribution >= 4 is 11.9 Å². The quantitative estimate of drug-likeness (QED) is 0.904. The first kappa shape index (κ1) is 16.0. The largest absolute Gasteiger partial charge is 0.481 e. The molecule has 23 heavy (non-hydrogen) atoms. The molecule has 0 aliphatic carbocycles. The molecule has 2 unspecified atom stereocenters. The van der Waals surface area contributed by atoms with Gasteiger partial charge in [0.2, 0.25) is 0 Å². The van der Waals surface area contributed by atoms with Gasteiger partial charge in [-0.2, -0.15) is 0 Å². The predicted molar refractivity (Wildman–Crippen MR) is 82.0 cm³/mol. The van der Waals surface area contributed by atoms with Crippen molar-refractivity contribution in [2.24, 2.45) is 5.41 Å². The fourth-order valence-corrected chi connectivity index (χ4v) is 3.46. The van der Waals surface area contributed by atoms with Crippen molar-refractivity contribution in [3.05, 3.63) is 35.4 Å². The Balaban J connectivity index is 1.79. The van der Waals surface area contributed by atoms with E-state index in [4.69, 9.17) is 9.47 Å². The van der Waals surface area contributed by atoms with Crippen LogP contribution < -0.4 is 0 Å². The van der Waals surface area contributed by atoms with Crippen LogP contribution in [0.25, 0.3) is 0 Å². The molecule has 0 bridgehead atoms. The predicted octanol–water partition coefficient (Wildman–Crippen LogP) is 1.25. The number of likely N-dealkylation sites (tertiary alicyclic amines) is 1. The summed E-state index contributed by atoms with van der Waals surface area (Å²) >= 11 is 0. The minimum absolute atomic E-state index is 0.105. The maximum atomic E-state index is 12.8. The molecule has 6 heteroatoms. The molecule has 1 fully saturated rings. The minimum Gasteiger partial charge on any atom is -0.481 e. The molecule has 3 rings (SSSR count). The number of carbonyl (C=O) groups is 2. The third-order valence-electron chi connectivity index (χ3n) is 4.76. The summed E-state index contributed by atoms with van der Waals surface area (Å²) < 4.78 is 10.8. The summed E-state index contributed by atoms with van der Waals surface area (Å²) in [6.07, 6.45) is 0.561. The second kappa shape index (κ2) is 6.29. The van der Waals surface area contributed by atoms with Gasteiger partial charge in [0.05, 0.1) is 13.2 Å². The van der Waals surface area contributed by atoms with Crippen molar-refractivity contribution < 1.29 is 24.2 Å². The highest BCUT2D eigenvalue weighted by molar-refractivity contribution is 5.85. The molecular formula is C17H21NO5. The number of carboxylic acids is 1. The van der Waals surface area contributed by atoms with Crippen LogP contribution in [0.4, 0.5) is 0 Å². The summed E-state index contributed by atoms with van der Waals surface area (Å²) in [6.45, 7) is 1.19. The fraction of sp³-hybridized carbons (Fsp3) is 0.529. The highest BCUT2D eigenvalue weighted by atomic mass is 16.5. The zero-order chi connectivity index (χ0) is 16.4. The van der Waals surface area contributed by atoms with Gasteiger partial charge in [-0.3, -0.25) is 9.59 Å². The molecule has 124 valence electrons. The van der Waals surface area contributed by atoms with E-state index in [-0.39, 0.29) is 19.1 Å². The van der Waals surface area contributed by atoms with Crippen LogP contribution in [0.2, 0.25) is 0 Å². The van der Waals surface area contributed by atoms with Gasteiger partial charge in [-0.25, -0.2) is 0 Å². The lowest BCUT2D eigenvalue weighted by atomic mass is 9.88. The van der Waals surface area contributed by atoms with Crippen LogP contribution in [-0.2, 0) is 25.5 Å². The second-order valence-electron chi connectivity index (χ2n) is 6.23. The molecule has 1 saturated heterocycles. The Kier molecular flexibility index (Phi) is 4.37. The highest BCUT2D eigenvalue weighted by Crippen LogP contribution is 2.35. The molecule has 2 aliphatic rings. The molecular weight excluding hydrogens is 298 g/mol. The summed E-state index contributed by atoms with van der Waals surface area (Å²) in [5.74, 6) is -1.07. The van der Waals surface area contributed by atoms with E-state index >= 15 is 0 Å². The summed E-state index contributed by atoms with van der Waals surface area (Å²) in [5.41, 5.74) is 1.000. The van der Waals surface area contributed by atoms with Gasteiger partial charge in [0.25, 0.3) is 5.91 Å². The third-order valence-corrected chi connectivity index (χ3v) is 4.76. The number of hydrogen-bond donors (Lipinski definition) is 1. The van der Waals surface area contributed by atoms with Crippen molar-refractivity contribution in [2.45, 2.75) is 18.9 Å². The van der Waals surface area contributed by atoms with E-state index in [9.17, 15) is 14.7 Å². The normalized spacial score (nSPS) is 26.8. The first-order chi connectivity index (χ1) is 11.1. The van der Waals surface area contributed by atoms with Crippen LogP contribution in [0.5, 0.6) is 0 Å². The SMILES string of the molecule is COCC1(C(=O)O)CCN(C(=O)C2OCCc3ccccc32)C1. The molecule has 1 aromatic carbocycles. The summed E-state index contributed by atoms with van der Waals surface area (Å²) in [7, 11) is 1.48. The average Bonchev–Trinajstić information content (AvgIpc) is 3.00. The minimum atomic E-state index is -1.02. The maximum Gasteiger partial charge on any atom is 0.313 e. The fourth-order valence-electron chi connectivity index (χ4n) is 3.46. The van der Waals surface area contributed by atoms with Crippen LogP contribution in [-0.4, -0.2) is 55.3 Å². The van der Waals surface area contributed by atoms with E-state index in [0.29, 0.717) is 19.6 Å². The molecule has 0 radical (unpaired) electrons. The zero-order valence-electron chi connectivity index (χ0n) is 13.2. The Morgan fingerprint density at radius 3 is 2.96 bits per heavy atom. The Labute approximate surface area is 135 Å². The smallest absolute Gasteiger partial charge is 0.313 e. The molecule has 2 atom stereocenters. The molecule has 1 aromatic rings. The number of fused-ring (bicyclic) bond motifs is 1. The van der Waals surface area contributed by atoms with Crippen molar-refractivity contribution in [1.29, 1.82) is 0 Å². The van der Waals surface area contributed by atoms with Crippen molar-refractivity contribution in [3.8, 4) is 0 Å². The summed E-state index contributed by atoms with van der Waals surface area (Å²) in [5, 5.41) is 9.51. The molecule has 0 spiro atoms. The zero-order valence-corrected chi connectivity index (χ0v) is 13.2. The molecule has 1 N–H and O–H groups in total. The van der Waals surface area contributed by atoms with Crippen molar-refractivity contribution in [3.63, 3.8) is 0 Å². The summed E-state index contributed by atoms with van der Waals surface area (Å²) in [4.78, 5) is 26.0. The highest BCUT2D eigenvalue weighted by Gasteiger charge is 2.47. The van der Waals surface area contributed by atoms with Gasteiger partial charge >= 0.3 is 5.97 Å². The van der Waals surface area contributed by atoms with Gasteiger partial charge in [-0.05, 0) is 24.0 Å². The third kappa shape index (κ3) is 2.84. The Morgan fingerprint density at radius 1 is 1.43 bits per heavy atom. The number of aliphatic carboxylic acids is 1. The molecule has 0 saturated carbocycles. The first-order valence-electron chi connectivity index (χ1n) is 7.78. The lowest BCUT2D eigenvalue weighted by Crippen LogP contribution is -2.42. The number of hydrogen-bond acceptors (Lipinski definition) is 4. The Bertz CT molecular complexity index is 617. The van der Waals surface area contributed by atoms with Crippen molar-refractivity contribution in [1.82, 2.24) is 4.90 Å². The topological polar surface area (TPSA) is 76.1 Å². The van der Waals surface area contributed by atoms with E-state index in [1.165, 1.54) is 7.11 Å². The molecule has 6 nitrogen and oxygen atoms in total. The van der Waals surface area contributed by atoms with Crippen LogP contribution in [0.15, 0.2) is 24.3 Å². The van der Waals surface area contributed by atoms with E-state index in [1.807, 2.05) is 24.3 Å². The lowest BCUT2D eigenvalue weighted by molar-refractivity contribution is -0.153. The van der Waals surface area contributed by atoms with Gasteiger partial charge in [0.15, 0.2) is 6.10 Å². The number of methoxy groups -OCH3 is 1. The Hall–Kier alpha value is -1.92. The Morgan fingerprint density at radius 2 is 2.22 bits per heavy atom. The molecule has 2 heterocycles. The first-order valence-corrected chi connectivity index (χ1v) is 7.78. The second-order valence-corrected chi connectivity index (χ2v) is 6.23. The number of carboxylic acid groups (broad SMARTS) is 1. The number of carbonyl (C=O) groups excluding carboxylic acids is 1. The number of nitrogens with zero attached hydrogens (tertiary/aromatic N) is 1.